The zero-order chi connectivity index (χ0) is 64.8. The lowest BCUT2D eigenvalue weighted by Crippen LogP contribution is -2.45. The van der Waals surface area contributed by atoms with Crippen molar-refractivity contribution in [3.63, 3.8) is 0 Å². The van der Waals surface area contributed by atoms with Crippen LogP contribution in [0.2, 0.25) is 0 Å². The third kappa shape index (κ3) is 72.2. The monoisotopic (exact) mass is 1260 g/mol. The molecule has 514 valence electrons. The van der Waals surface area contributed by atoms with Crippen molar-refractivity contribution >= 4 is 13.7 Å². The van der Waals surface area contributed by atoms with Crippen LogP contribution in [0.5, 0.6) is 0 Å². The number of carbonyl (C=O) groups is 1. The van der Waals surface area contributed by atoms with Gasteiger partial charge in [0, 0.05) is 6.42 Å². The van der Waals surface area contributed by atoms with Crippen LogP contribution in [0.15, 0.2) is 122 Å². The highest BCUT2D eigenvalue weighted by Gasteiger charge is 2.28. The Kier molecular flexibility index (Phi) is 66.8. The zero-order valence-corrected chi connectivity index (χ0v) is 59.8. The highest BCUT2D eigenvalue weighted by atomic mass is 31.2. The molecule has 0 saturated carbocycles. The maximum Gasteiger partial charge on any atom is 0.472 e. The van der Waals surface area contributed by atoms with Gasteiger partial charge in [-0.25, -0.2) is 4.57 Å². The number of hydrogen-bond acceptors (Lipinski definition) is 5. The fourth-order valence-electron chi connectivity index (χ4n) is 10.7. The van der Waals surface area contributed by atoms with E-state index in [1.54, 1.807) is 6.08 Å². The first-order valence-corrected chi connectivity index (χ1v) is 38.9. The molecule has 1 amide bonds. The topological polar surface area (TPSA) is 105 Å². The van der Waals surface area contributed by atoms with Crippen LogP contribution in [0, 0.1) is 0 Å². The molecule has 0 radical (unpaired) electrons. The number of phosphoric ester groups is 1. The number of aliphatic hydroxyl groups is 1. The number of allylic oxidation sites excluding steroid dienone is 19. The molecule has 0 aliphatic rings. The number of quaternary nitrogens is 1. The number of rotatable bonds is 68. The number of nitrogens with one attached hydrogen (secondary N) is 1. The summed E-state index contributed by atoms with van der Waals surface area (Å²) in [6, 6.07) is -0.871. The predicted octanol–water partition coefficient (Wildman–Crippen LogP) is 24.4. The van der Waals surface area contributed by atoms with Crippen LogP contribution in [0.25, 0.3) is 0 Å². The summed E-state index contributed by atoms with van der Waals surface area (Å²) in [6.45, 7) is 4.71. The lowest BCUT2D eigenvalue weighted by Gasteiger charge is -2.25. The summed E-state index contributed by atoms with van der Waals surface area (Å²) in [7, 11) is 1.56. The van der Waals surface area contributed by atoms with Gasteiger partial charge in [-0.05, 0) is 96.3 Å². The molecule has 3 N–H and O–H groups in total. The van der Waals surface area contributed by atoms with Crippen LogP contribution in [0.3, 0.4) is 0 Å². The van der Waals surface area contributed by atoms with Gasteiger partial charge in [0.15, 0.2) is 0 Å². The molecule has 0 bridgehead atoms. The molecule has 0 spiro atoms. The number of carbonyl (C=O) groups excluding carboxylic acids is 1. The van der Waals surface area contributed by atoms with E-state index in [9.17, 15) is 19.4 Å². The Bertz CT molecular complexity index is 1870. The molecule has 3 unspecified atom stereocenters. The molecule has 0 heterocycles. The lowest BCUT2D eigenvalue weighted by molar-refractivity contribution is -0.870. The summed E-state index contributed by atoms with van der Waals surface area (Å²) in [6.07, 6.45) is 104. The Morgan fingerprint density at radius 2 is 0.685 bits per heavy atom. The minimum Gasteiger partial charge on any atom is -0.387 e. The van der Waals surface area contributed by atoms with Gasteiger partial charge in [0.2, 0.25) is 5.91 Å². The number of phosphoric acid groups is 1. The zero-order valence-electron chi connectivity index (χ0n) is 58.9. The van der Waals surface area contributed by atoms with Crippen LogP contribution in [-0.4, -0.2) is 73.4 Å². The Morgan fingerprint density at radius 1 is 0.393 bits per heavy atom. The summed E-state index contributed by atoms with van der Waals surface area (Å²) < 4.78 is 23.8. The maximum absolute atomic E-state index is 13.1. The van der Waals surface area contributed by atoms with E-state index in [2.05, 4.69) is 129 Å². The van der Waals surface area contributed by atoms with Crippen molar-refractivity contribution in [2.45, 2.75) is 341 Å². The van der Waals surface area contributed by atoms with Crippen molar-refractivity contribution < 1.29 is 32.9 Å². The van der Waals surface area contributed by atoms with Crippen molar-refractivity contribution in [2.75, 3.05) is 40.9 Å². The van der Waals surface area contributed by atoms with Gasteiger partial charge in [-0.3, -0.25) is 13.8 Å². The van der Waals surface area contributed by atoms with Gasteiger partial charge in [0.05, 0.1) is 39.9 Å². The maximum atomic E-state index is 13.1. The van der Waals surface area contributed by atoms with E-state index in [0.29, 0.717) is 17.4 Å². The first kappa shape index (κ1) is 85.9. The summed E-state index contributed by atoms with van der Waals surface area (Å²) >= 11 is 0. The van der Waals surface area contributed by atoms with Crippen LogP contribution in [0.1, 0.15) is 328 Å². The van der Waals surface area contributed by atoms with E-state index in [1.165, 1.54) is 218 Å². The lowest BCUT2D eigenvalue weighted by atomic mass is 10.0. The van der Waals surface area contributed by atoms with E-state index in [0.717, 1.165) is 89.9 Å². The van der Waals surface area contributed by atoms with Crippen LogP contribution in [0.4, 0.5) is 0 Å². The second-order valence-electron chi connectivity index (χ2n) is 26.3. The minimum atomic E-state index is -4.37. The predicted molar refractivity (Wildman–Crippen MR) is 392 cm³/mol. The summed E-state index contributed by atoms with van der Waals surface area (Å²) in [5.74, 6) is -0.186. The number of hydrogen-bond donors (Lipinski definition) is 3. The minimum absolute atomic E-state index is 0.0531. The first-order chi connectivity index (χ1) is 43.5. The van der Waals surface area contributed by atoms with E-state index in [-0.39, 0.29) is 19.1 Å². The highest BCUT2D eigenvalue weighted by molar-refractivity contribution is 7.47. The molecule has 3 atom stereocenters. The third-order valence-electron chi connectivity index (χ3n) is 16.4. The fraction of sp³-hybridized carbons (Fsp3) is 0.738. The number of aliphatic hydroxyl groups excluding tert-OH is 1. The normalized spacial score (nSPS) is 14.3. The second kappa shape index (κ2) is 69.2. The molecule has 0 aromatic rings. The average molecular weight is 1260 g/mol. The molecule has 0 fully saturated rings. The largest absolute Gasteiger partial charge is 0.472 e. The molecular weight excluding hydrogens is 1120 g/mol. The SMILES string of the molecule is CC/C=C\C/C=C\C/C=C\C/C=C\C/C=C\C/C=C\C/C=C\C/C=C\CCCCCCCCCCCCCCCCCCC(=O)NC(COP(=O)(O)OCC[N+](C)(C)C)C(O)/C=C/CC/C=C/CCCCCCCCCCCCCCCCCCCCCC. The molecule has 0 saturated heterocycles. The Balaban J connectivity index is 4.05. The highest BCUT2D eigenvalue weighted by Crippen LogP contribution is 2.43. The molecule has 8 nitrogen and oxygen atoms in total. The van der Waals surface area contributed by atoms with Crippen molar-refractivity contribution in [1.82, 2.24) is 5.32 Å². The average Bonchev–Trinajstić information content (AvgIpc) is 3.61. The van der Waals surface area contributed by atoms with Gasteiger partial charge < -0.3 is 19.8 Å². The van der Waals surface area contributed by atoms with Gasteiger partial charge in [0.1, 0.15) is 13.2 Å². The first-order valence-electron chi connectivity index (χ1n) is 37.4. The summed E-state index contributed by atoms with van der Waals surface area (Å²) in [4.78, 5) is 23.4. The van der Waals surface area contributed by atoms with Crippen molar-refractivity contribution in [3.8, 4) is 0 Å². The van der Waals surface area contributed by atoms with Gasteiger partial charge in [-0.1, -0.05) is 347 Å². The smallest absolute Gasteiger partial charge is 0.387 e. The number of amides is 1. The van der Waals surface area contributed by atoms with Crippen LogP contribution < -0.4 is 5.32 Å². The second-order valence-corrected chi connectivity index (χ2v) is 27.7. The number of unbranched alkanes of at least 4 members (excludes halogenated alkanes) is 37. The van der Waals surface area contributed by atoms with E-state index in [1.807, 2.05) is 27.2 Å². The molecule has 0 aliphatic carbocycles. The van der Waals surface area contributed by atoms with Crippen molar-refractivity contribution in [3.05, 3.63) is 122 Å². The molecule has 0 aromatic carbocycles. The summed E-state index contributed by atoms with van der Waals surface area (Å²) in [5, 5.41) is 14.0. The van der Waals surface area contributed by atoms with Gasteiger partial charge >= 0.3 is 7.82 Å². The van der Waals surface area contributed by atoms with Crippen LogP contribution >= 0.6 is 7.82 Å². The van der Waals surface area contributed by atoms with Gasteiger partial charge in [0.25, 0.3) is 0 Å². The van der Waals surface area contributed by atoms with Gasteiger partial charge in [-0.15, -0.1) is 0 Å². The molecule has 9 heteroatoms. The molecule has 89 heavy (non-hydrogen) atoms. The number of nitrogens with zero attached hydrogens (tertiary/aromatic N) is 1. The van der Waals surface area contributed by atoms with E-state index in [4.69, 9.17) is 9.05 Å². The molecule has 0 aliphatic heterocycles. The van der Waals surface area contributed by atoms with Gasteiger partial charge in [-0.2, -0.15) is 0 Å². The third-order valence-corrected chi connectivity index (χ3v) is 17.4. The quantitative estimate of drug-likeness (QED) is 0.0243. The summed E-state index contributed by atoms with van der Waals surface area (Å²) in [5.41, 5.74) is 0. The number of likely N-dealkylation sites (N-methyl/N-ethyl adjacent to an activating group) is 1. The molecule has 0 rings (SSSR count). The van der Waals surface area contributed by atoms with E-state index < -0.39 is 20.0 Å². The standard InChI is InChI=1S/C80H143N2O6P/c1-6-8-10-12-14-16-18-20-22-24-26-28-30-32-34-35-36-37-38-39-40-41-42-43-44-45-46-47-48-50-52-54-56-58-60-62-64-66-68-70-72-74-80(84)81-78(77-88-89(85,86)87-76-75-82(3,4)5)79(83)73-71-69-67-65-63-61-59-57-55-53-51-49-33-31-29-27-25-23-21-19-17-15-13-11-9-7-2/h8,10,14,16,20,22,26,28,32,34,36-37,39-40,42-43,63,65,71,73,78-79,83H,6-7,9,11-13,15,17-19,21,23-25,27,29-31,33,35,38,41,44-62,64,66-70,72,74-77H2,1-5H3,(H-,81,84,85,86)/p+1/b10-8-,16-14-,22-20-,28-26-,34-32-,37-36-,40-39-,43-42-,65-63+,73-71+. The van der Waals surface area contributed by atoms with Crippen LogP contribution in [-0.2, 0) is 18.4 Å². The fourth-order valence-corrected chi connectivity index (χ4v) is 11.4. The van der Waals surface area contributed by atoms with Crippen molar-refractivity contribution in [1.29, 1.82) is 0 Å². The van der Waals surface area contributed by atoms with Crippen molar-refractivity contribution in [2.24, 2.45) is 0 Å². The molecule has 0 aromatic heterocycles. The Morgan fingerprint density at radius 3 is 1.03 bits per heavy atom. The molecular formula is C80H144N2O6P+. The van der Waals surface area contributed by atoms with E-state index >= 15 is 0 Å². The Labute approximate surface area is 552 Å². The Hall–Kier alpha value is -3.10.